The minimum absolute atomic E-state index is 0.627. The van der Waals surface area contributed by atoms with E-state index in [2.05, 4.69) is 55.5 Å². The molecule has 0 aliphatic heterocycles. The number of rotatable bonds is 3. The first-order valence-electron chi connectivity index (χ1n) is 6.60. The molecule has 1 atom stereocenters. The van der Waals surface area contributed by atoms with Gasteiger partial charge in [-0.2, -0.15) is 0 Å². The second-order valence-electron chi connectivity index (χ2n) is 4.90. The zero-order valence-corrected chi connectivity index (χ0v) is 10.3. The van der Waals surface area contributed by atoms with Crippen LogP contribution in [0.1, 0.15) is 37.3 Å². The van der Waals surface area contributed by atoms with Gasteiger partial charge in [0.2, 0.25) is 0 Å². The van der Waals surface area contributed by atoms with Gasteiger partial charge in [-0.05, 0) is 34.8 Å². The molecule has 0 heteroatoms. The van der Waals surface area contributed by atoms with Crippen LogP contribution in [0.15, 0.2) is 48.1 Å². The van der Waals surface area contributed by atoms with Crippen LogP contribution in [-0.4, -0.2) is 0 Å². The fourth-order valence-electron chi connectivity index (χ4n) is 2.83. The molecule has 2 aliphatic rings. The molecular weight excluding hydrogens is 204 g/mol. The topological polar surface area (TPSA) is 0 Å². The van der Waals surface area contributed by atoms with E-state index in [0.29, 0.717) is 5.92 Å². The van der Waals surface area contributed by atoms with Gasteiger partial charge in [0.15, 0.2) is 0 Å². The van der Waals surface area contributed by atoms with Crippen molar-refractivity contribution >= 4 is 11.6 Å². The molecule has 0 saturated carbocycles. The van der Waals surface area contributed by atoms with Gasteiger partial charge < -0.3 is 0 Å². The second kappa shape index (κ2) is 4.37. The SMILES string of the molecule is CCCCC1C=CC=C2C1=Cc1ccccc12. The monoisotopic (exact) mass is 222 g/mol. The van der Waals surface area contributed by atoms with E-state index in [9.17, 15) is 0 Å². The first kappa shape index (κ1) is 10.6. The Bertz CT molecular complexity index is 515. The van der Waals surface area contributed by atoms with Crippen LogP contribution in [0.5, 0.6) is 0 Å². The molecule has 1 aromatic carbocycles. The van der Waals surface area contributed by atoms with Crippen molar-refractivity contribution in [2.45, 2.75) is 26.2 Å². The molecule has 0 spiro atoms. The van der Waals surface area contributed by atoms with Crippen LogP contribution in [0.25, 0.3) is 11.6 Å². The van der Waals surface area contributed by atoms with Gasteiger partial charge in [-0.15, -0.1) is 0 Å². The molecule has 1 aromatic rings. The van der Waals surface area contributed by atoms with Gasteiger partial charge in [0.25, 0.3) is 0 Å². The third kappa shape index (κ3) is 1.78. The lowest BCUT2D eigenvalue weighted by atomic mass is 9.85. The summed E-state index contributed by atoms with van der Waals surface area (Å²) in [5.41, 5.74) is 5.78. The summed E-state index contributed by atoms with van der Waals surface area (Å²) in [7, 11) is 0. The van der Waals surface area contributed by atoms with Gasteiger partial charge in [-0.3, -0.25) is 0 Å². The summed E-state index contributed by atoms with van der Waals surface area (Å²) in [6.45, 7) is 2.26. The quantitative estimate of drug-likeness (QED) is 0.686. The molecule has 86 valence electrons. The Balaban J connectivity index is 1.95. The van der Waals surface area contributed by atoms with Gasteiger partial charge in [0.1, 0.15) is 0 Å². The Morgan fingerprint density at radius 1 is 1.18 bits per heavy atom. The lowest BCUT2D eigenvalue weighted by Crippen LogP contribution is -2.03. The largest absolute Gasteiger partial charge is 0.0770 e. The average molecular weight is 222 g/mol. The zero-order chi connectivity index (χ0) is 11.7. The summed E-state index contributed by atoms with van der Waals surface area (Å²) in [6, 6.07) is 8.72. The molecule has 0 radical (unpaired) electrons. The second-order valence-corrected chi connectivity index (χ2v) is 4.90. The molecule has 0 fully saturated rings. The number of allylic oxidation sites excluding steroid dienone is 5. The summed E-state index contributed by atoms with van der Waals surface area (Å²) in [6.07, 6.45) is 13.1. The van der Waals surface area contributed by atoms with Crippen molar-refractivity contribution in [1.29, 1.82) is 0 Å². The van der Waals surface area contributed by atoms with E-state index in [-0.39, 0.29) is 0 Å². The van der Waals surface area contributed by atoms with Gasteiger partial charge in [0.05, 0.1) is 0 Å². The number of hydrogen-bond donors (Lipinski definition) is 0. The zero-order valence-electron chi connectivity index (χ0n) is 10.3. The highest BCUT2D eigenvalue weighted by Crippen LogP contribution is 2.43. The number of fused-ring (bicyclic) bond motifs is 3. The maximum absolute atomic E-state index is 2.38. The van der Waals surface area contributed by atoms with E-state index < -0.39 is 0 Å². The molecule has 0 aromatic heterocycles. The molecule has 3 rings (SSSR count). The summed E-state index contributed by atoms with van der Waals surface area (Å²) < 4.78 is 0. The summed E-state index contributed by atoms with van der Waals surface area (Å²) in [5.74, 6) is 0.627. The van der Waals surface area contributed by atoms with Gasteiger partial charge in [0, 0.05) is 5.92 Å². The van der Waals surface area contributed by atoms with E-state index in [1.165, 1.54) is 41.5 Å². The lowest BCUT2D eigenvalue weighted by Gasteiger charge is -2.19. The van der Waals surface area contributed by atoms with E-state index in [1.54, 1.807) is 0 Å². The number of benzene rings is 1. The van der Waals surface area contributed by atoms with E-state index in [0.717, 1.165) is 0 Å². The van der Waals surface area contributed by atoms with Crippen molar-refractivity contribution in [2.75, 3.05) is 0 Å². The Hall–Kier alpha value is -1.56. The third-order valence-corrected chi connectivity index (χ3v) is 3.75. The van der Waals surface area contributed by atoms with Crippen molar-refractivity contribution < 1.29 is 0 Å². The molecule has 17 heavy (non-hydrogen) atoms. The predicted octanol–water partition coefficient (Wildman–Crippen LogP) is 4.84. The van der Waals surface area contributed by atoms with Crippen molar-refractivity contribution in [2.24, 2.45) is 5.92 Å². The summed E-state index contributed by atoms with van der Waals surface area (Å²) >= 11 is 0. The van der Waals surface area contributed by atoms with Gasteiger partial charge in [-0.1, -0.05) is 62.3 Å². The molecule has 0 N–H and O–H groups in total. The fourth-order valence-corrected chi connectivity index (χ4v) is 2.83. The van der Waals surface area contributed by atoms with Crippen molar-refractivity contribution in [3.8, 4) is 0 Å². The number of unbranched alkanes of at least 4 members (excludes halogenated alkanes) is 1. The van der Waals surface area contributed by atoms with Crippen molar-refractivity contribution in [3.63, 3.8) is 0 Å². The Morgan fingerprint density at radius 2 is 2.06 bits per heavy atom. The highest BCUT2D eigenvalue weighted by atomic mass is 14.3. The van der Waals surface area contributed by atoms with E-state index >= 15 is 0 Å². The van der Waals surface area contributed by atoms with Crippen LogP contribution in [0, 0.1) is 5.92 Å². The van der Waals surface area contributed by atoms with Crippen molar-refractivity contribution in [3.05, 3.63) is 59.2 Å². The Labute approximate surface area is 103 Å². The highest BCUT2D eigenvalue weighted by Gasteiger charge is 2.24. The van der Waals surface area contributed by atoms with Crippen LogP contribution in [0.2, 0.25) is 0 Å². The van der Waals surface area contributed by atoms with Crippen LogP contribution in [-0.2, 0) is 0 Å². The van der Waals surface area contributed by atoms with E-state index in [1.807, 2.05) is 0 Å². The first-order valence-corrected chi connectivity index (χ1v) is 6.60. The molecule has 0 heterocycles. The minimum atomic E-state index is 0.627. The Kier molecular flexibility index (Phi) is 2.72. The highest BCUT2D eigenvalue weighted by molar-refractivity contribution is 5.96. The van der Waals surface area contributed by atoms with Crippen LogP contribution in [0.4, 0.5) is 0 Å². The molecule has 0 nitrogen and oxygen atoms in total. The van der Waals surface area contributed by atoms with Crippen LogP contribution in [0.3, 0.4) is 0 Å². The van der Waals surface area contributed by atoms with Crippen LogP contribution >= 0.6 is 0 Å². The predicted molar refractivity (Wildman–Crippen MR) is 74.6 cm³/mol. The normalized spacial score (nSPS) is 20.6. The maximum atomic E-state index is 2.38. The summed E-state index contributed by atoms with van der Waals surface area (Å²) in [5, 5.41) is 0. The lowest BCUT2D eigenvalue weighted by molar-refractivity contribution is 0.630. The number of hydrogen-bond acceptors (Lipinski definition) is 0. The third-order valence-electron chi connectivity index (χ3n) is 3.75. The fraction of sp³-hybridized carbons (Fsp3) is 0.294. The van der Waals surface area contributed by atoms with Crippen molar-refractivity contribution in [1.82, 2.24) is 0 Å². The van der Waals surface area contributed by atoms with Gasteiger partial charge >= 0.3 is 0 Å². The molecule has 0 saturated heterocycles. The average Bonchev–Trinajstić information content (AvgIpc) is 2.75. The van der Waals surface area contributed by atoms with Gasteiger partial charge in [-0.25, -0.2) is 0 Å². The molecule has 0 amide bonds. The van der Waals surface area contributed by atoms with E-state index in [4.69, 9.17) is 0 Å². The molecule has 0 bridgehead atoms. The smallest absolute Gasteiger partial charge is 0.00274 e. The Morgan fingerprint density at radius 3 is 2.94 bits per heavy atom. The minimum Gasteiger partial charge on any atom is -0.0770 e. The maximum Gasteiger partial charge on any atom is 0.00274 e. The molecule has 1 unspecified atom stereocenters. The summed E-state index contributed by atoms with van der Waals surface area (Å²) in [4.78, 5) is 0. The standard InChI is InChI=1S/C17H18/c1-2-3-7-13-9-6-11-16-15-10-5-4-8-14(15)12-17(13)16/h4-6,8-13H,2-3,7H2,1H3. The van der Waals surface area contributed by atoms with Crippen LogP contribution < -0.4 is 0 Å². The molecular formula is C17H18. The first-order chi connectivity index (χ1) is 8.40. The molecule has 2 aliphatic carbocycles.